The Bertz CT molecular complexity index is 518. The van der Waals surface area contributed by atoms with Crippen molar-refractivity contribution in [2.75, 3.05) is 31.1 Å². The van der Waals surface area contributed by atoms with Gasteiger partial charge in [-0.25, -0.2) is 4.98 Å². The molecule has 0 aliphatic carbocycles. The van der Waals surface area contributed by atoms with Crippen LogP contribution >= 0.6 is 0 Å². The van der Waals surface area contributed by atoms with Crippen LogP contribution in [-0.2, 0) is 9.47 Å². The van der Waals surface area contributed by atoms with E-state index >= 15 is 0 Å². The molecule has 0 unspecified atom stereocenters. The summed E-state index contributed by atoms with van der Waals surface area (Å²) in [6.07, 6.45) is 4.27. The smallest absolute Gasteiger partial charge is 0.252 e. The highest BCUT2D eigenvalue weighted by Gasteiger charge is 2.23. The number of anilines is 1. The van der Waals surface area contributed by atoms with E-state index in [0.717, 1.165) is 38.4 Å². The lowest BCUT2D eigenvalue weighted by Crippen LogP contribution is -2.45. The Balaban J connectivity index is 1.56. The highest BCUT2D eigenvalue weighted by atomic mass is 16.5. The predicted octanol–water partition coefficient (Wildman–Crippen LogP) is 1.60. The van der Waals surface area contributed by atoms with E-state index in [2.05, 4.69) is 29.0 Å². The van der Waals surface area contributed by atoms with Crippen molar-refractivity contribution < 1.29 is 14.3 Å². The van der Waals surface area contributed by atoms with E-state index in [1.54, 1.807) is 6.20 Å². The number of hydrogen-bond acceptors (Lipinski definition) is 5. The van der Waals surface area contributed by atoms with Gasteiger partial charge in [-0.05, 0) is 38.8 Å². The van der Waals surface area contributed by atoms with Crippen LogP contribution in [0.15, 0.2) is 18.3 Å². The van der Waals surface area contributed by atoms with Crippen molar-refractivity contribution in [2.24, 2.45) is 0 Å². The molecule has 3 rings (SSSR count). The van der Waals surface area contributed by atoms with Gasteiger partial charge in [0.2, 0.25) is 0 Å². The average molecular weight is 319 g/mol. The first-order valence-corrected chi connectivity index (χ1v) is 8.38. The summed E-state index contributed by atoms with van der Waals surface area (Å²) < 4.78 is 11.2. The summed E-state index contributed by atoms with van der Waals surface area (Å²) >= 11 is 0. The molecular formula is C17H25N3O3. The van der Waals surface area contributed by atoms with Crippen molar-refractivity contribution in [2.45, 2.75) is 45.0 Å². The van der Waals surface area contributed by atoms with Crippen LogP contribution in [0.25, 0.3) is 0 Å². The van der Waals surface area contributed by atoms with Gasteiger partial charge in [0.15, 0.2) is 0 Å². The third kappa shape index (κ3) is 4.20. The molecule has 0 bridgehead atoms. The van der Waals surface area contributed by atoms with Gasteiger partial charge in [-0.3, -0.25) is 4.79 Å². The molecule has 3 heterocycles. The zero-order chi connectivity index (χ0) is 16.2. The Kier molecular flexibility index (Phi) is 5.13. The molecule has 0 radical (unpaired) electrons. The molecule has 1 aromatic rings. The molecule has 2 fully saturated rings. The van der Waals surface area contributed by atoms with Gasteiger partial charge < -0.3 is 19.7 Å². The lowest BCUT2D eigenvalue weighted by atomic mass is 10.2. The monoisotopic (exact) mass is 319 g/mol. The normalized spacial score (nSPS) is 27.9. The number of carbonyl (C=O) groups is 1. The van der Waals surface area contributed by atoms with Crippen LogP contribution < -0.4 is 10.2 Å². The largest absolute Gasteiger partial charge is 0.376 e. The van der Waals surface area contributed by atoms with Gasteiger partial charge in [-0.1, -0.05) is 0 Å². The Morgan fingerprint density at radius 1 is 1.35 bits per heavy atom. The highest BCUT2D eigenvalue weighted by molar-refractivity contribution is 5.94. The molecule has 2 aliphatic heterocycles. The summed E-state index contributed by atoms with van der Waals surface area (Å²) in [6.45, 7) is 7.14. The molecule has 0 saturated carbocycles. The lowest BCUT2D eigenvalue weighted by Gasteiger charge is -2.36. The van der Waals surface area contributed by atoms with Crippen molar-refractivity contribution in [3.8, 4) is 0 Å². The second-order valence-electron chi connectivity index (χ2n) is 6.41. The van der Waals surface area contributed by atoms with Gasteiger partial charge in [-0.2, -0.15) is 0 Å². The fraction of sp³-hybridized carbons (Fsp3) is 0.647. The third-order valence-electron chi connectivity index (χ3n) is 4.27. The molecule has 0 aromatic carbocycles. The van der Waals surface area contributed by atoms with E-state index in [1.165, 1.54) is 0 Å². The third-order valence-corrected chi connectivity index (χ3v) is 4.27. The first kappa shape index (κ1) is 16.2. The number of morpholine rings is 1. The highest BCUT2D eigenvalue weighted by Crippen LogP contribution is 2.18. The molecule has 1 amide bonds. The minimum Gasteiger partial charge on any atom is -0.376 e. The molecule has 6 nitrogen and oxygen atoms in total. The SMILES string of the molecule is C[C@@H]1CN(c2ccc(C(=O)NC[C@@H]3CCCO3)cn2)C[C@@H](C)O1. The van der Waals surface area contributed by atoms with Gasteiger partial charge in [0.1, 0.15) is 5.82 Å². The minimum absolute atomic E-state index is 0.0942. The zero-order valence-corrected chi connectivity index (χ0v) is 13.8. The van der Waals surface area contributed by atoms with Gasteiger partial charge in [0.05, 0.1) is 23.9 Å². The van der Waals surface area contributed by atoms with E-state index in [0.29, 0.717) is 12.1 Å². The van der Waals surface area contributed by atoms with Crippen LogP contribution in [0.2, 0.25) is 0 Å². The topological polar surface area (TPSA) is 63.7 Å². The summed E-state index contributed by atoms with van der Waals surface area (Å²) in [5.74, 6) is 0.797. The van der Waals surface area contributed by atoms with Crippen LogP contribution in [0, 0.1) is 0 Å². The molecule has 23 heavy (non-hydrogen) atoms. The van der Waals surface area contributed by atoms with Crippen molar-refractivity contribution in [3.05, 3.63) is 23.9 Å². The number of aromatic nitrogens is 1. The molecule has 2 aliphatic rings. The van der Waals surface area contributed by atoms with Crippen LogP contribution in [0.5, 0.6) is 0 Å². The fourth-order valence-corrected chi connectivity index (χ4v) is 3.19. The number of ether oxygens (including phenoxy) is 2. The second kappa shape index (κ2) is 7.27. The Morgan fingerprint density at radius 2 is 2.13 bits per heavy atom. The number of rotatable bonds is 4. The van der Waals surface area contributed by atoms with Gasteiger partial charge >= 0.3 is 0 Å². The van der Waals surface area contributed by atoms with Crippen LogP contribution in [0.3, 0.4) is 0 Å². The van der Waals surface area contributed by atoms with E-state index in [1.807, 2.05) is 12.1 Å². The maximum absolute atomic E-state index is 12.2. The summed E-state index contributed by atoms with van der Waals surface area (Å²) in [4.78, 5) is 18.8. The van der Waals surface area contributed by atoms with Crippen molar-refractivity contribution >= 4 is 11.7 Å². The van der Waals surface area contributed by atoms with Crippen molar-refractivity contribution in [1.29, 1.82) is 0 Å². The predicted molar refractivity (Wildman–Crippen MR) is 87.8 cm³/mol. The average Bonchev–Trinajstić information content (AvgIpc) is 3.05. The minimum atomic E-state index is -0.0942. The Morgan fingerprint density at radius 3 is 2.74 bits per heavy atom. The number of amides is 1. The molecule has 6 heteroatoms. The fourth-order valence-electron chi connectivity index (χ4n) is 3.19. The summed E-state index contributed by atoms with van der Waals surface area (Å²) in [5.41, 5.74) is 0.584. The zero-order valence-electron chi connectivity index (χ0n) is 13.8. The molecule has 2 saturated heterocycles. The second-order valence-corrected chi connectivity index (χ2v) is 6.41. The number of carbonyl (C=O) groups excluding carboxylic acids is 1. The molecule has 3 atom stereocenters. The lowest BCUT2D eigenvalue weighted by molar-refractivity contribution is -0.00546. The molecule has 126 valence electrons. The quantitative estimate of drug-likeness (QED) is 0.913. The summed E-state index contributed by atoms with van der Waals surface area (Å²) in [6, 6.07) is 3.74. The van der Waals surface area contributed by atoms with Gasteiger partial charge in [-0.15, -0.1) is 0 Å². The van der Waals surface area contributed by atoms with E-state index in [9.17, 15) is 4.79 Å². The molecular weight excluding hydrogens is 294 g/mol. The standard InChI is InChI=1S/C17H25N3O3/c1-12-10-20(11-13(2)23-12)16-6-5-14(8-18-16)17(21)19-9-15-4-3-7-22-15/h5-6,8,12-13,15H,3-4,7,9-11H2,1-2H3,(H,19,21)/t12-,13-,15+/m1/s1. The summed E-state index contributed by atoms with van der Waals surface area (Å²) in [5, 5.41) is 2.92. The van der Waals surface area contributed by atoms with Gasteiger partial charge in [0.25, 0.3) is 5.91 Å². The Labute approximate surface area is 137 Å². The molecule has 1 N–H and O–H groups in total. The summed E-state index contributed by atoms with van der Waals surface area (Å²) in [7, 11) is 0. The van der Waals surface area contributed by atoms with Crippen LogP contribution in [0.4, 0.5) is 5.82 Å². The van der Waals surface area contributed by atoms with E-state index in [-0.39, 0.29) is 24.2 Å². The number of pyridine rings is 1. The molecule has 1 aromatic heterocycles. The first-order chi connectivity index (χ1) is 11.1. The van der Waals surface area contributed by atoms with Gasteiger partial charge in [0, 0.05) is 32.4 Å². The number of nitrogens with zero attached hydrogens (tertiary/aromatic N) is 2. The maximum Gasteiger partial charge on any atom is 0.252 e. The number of nitrogens with one attached hydrogen (secondary N) is 1. The van der Waals surface area contributed by atoms with Crippen molar-refractivity contribution in [3.63, 3.8) is 0 Å². The Hall–Kier alpha value is -1.66. The molecule has 0 spiro atoms. The van der Waals surface area contributed by atoms with Crippen molar-refractivity contribution in [1.82, 2.24) is 10.3 Å². The van der Waals surface area contributed by atoms with E-state index < -0.39 is 0 Å². The van der Waals surface area contributed by atoms with Crippen LogP contribution in [0.1, 0.15) is 37.0 Å². The first-order valence-electron chi connectivity index (χ1n) is 8.38. The van der Waals surface area contributed by atoms with E-state index in [4.69, 9.17) is 9.47 Å². The maximum atomic E-state index is 12.2. The number of hydrogen-bond donors (Lipinski definition) is 1. The van der Waals surface area contributed by atoms with Crippen LogP contribution in [-0.4, -0.2) is 55.4 Å².